The molecule has 3 aromatic carbocycles. The highest BCUT2D eigenvalue weighted by molar-refractivity contribution is 7.10. The van der Waals surface area contributed by atoms with Gasteiger partial charge in [0, 0.05) is 28.5 Å². The van der Waals surface area contributed by atoms with Crippen molar-refractivity contribution >= 4 is 17.3 Å². The molecule has 0 amide bonds. The Labute approximate surface area is 264 Å². The van der Waals surface area contributed by atoms with Crippen LogP contribution >= 0.6 is 11.3 Å². The van der Waals surface area contributed by atoms with E-state index in [1.54, 1.807) is 42.5 Å². The Kier molecular flexibility index (Phi) is 11.2. The third kappa shape index (κ3) is 8.02. The molecular formula is C33H32F2N6O3S. The van der Waals surface area contributed by atoms with Crippen LogP contribution in [0.15, 0.2) is 84.8 Å². The molecule has 0 saturated heterocycles. The van der Waals surface area contributed by atoms with Crippen LogP contribution in [0.4, 0.5) is 8.78 Å². The molecule has 0 aliphatic carbocycles. The fourth-order valence-corrected chi connectivity index (χ4v) is 5.64. The van der Waals surface area contributed by atoms with Crippen LogP contribution in [0.5, 0.6) is 0 Å². The number of esters is 1. The summed E-state index contributed by atoms with van der Waals surface area (Å²) in [6, 6.07) is 19.2. The number of benzene rings is 3. The molecule has 0 fully saturated rings. The number of hydrogen-bond donors (Lipinski definition) is 1. The molecule has 0 saturated carbocycles. The number of nitrogens with zero attached hydrogens (tertiary/aromatic N) is 5. The largest absolute Gasteiger partial charge is 0.435 e. The maximum atomic E-state index is 15.6. The van der Waals surface area contributed by atoms with E-state index < -0.39 is 35.9 Å². The number of rotatable bonds is 10. The molecule has 2 aromatic heterocycles. The fourth-order valence-electron chi connectivity index (χ4n) is 4.67. The normalized spacial score (nSPS) is 12.7. The molecule has 0 aliphatic rings. The number of thiazole rings is 1. The standard InChI is InChI=1S/C31H25F2N5O3S.C2H7N/c1-20-4-3-5-24(12-20)30(39)40-19-41-31(16-38-18-35-17-36-38,26-11-10-25(32)13-27(26)33)21(2)29-37-28(15-42-29)23-8-6-22(14-34)7-9-23;1-3-2/h3-13,15,17-18,21H,16,19H2,1-2H3;3H,1-2H3/t21-,31+;/m0./s1. The number of carbonyl (C=O) groups is 1. The number of nitrogens with one attached hydrogen (secondary N) is 1. The molecule has 0 radical (unpaired) electrons. The first-order valence-corrected chi connectivity index (χ1v) is 14.8. The van der Waals surface area contributed by atoms with Gasteiger partial charge in [-0.3, -0.25) is 0 Å². The second kappa shape index (κ2) is 15.3. The predicted molar refractivity (Wildman–Crippen MR) is 166 cm³/mol. The summed E-state index contributed by atoms with van der Waals surface area (Å²) in [5, 5.41) is 18.5. The Morgan fingerprint density at radius 1 is 1.13 bits per heavy atom. The number of nitriles is 1. The zero-order valence-electron chi connectivity index (χ0n) is 25.2. The van der Waals surface area contributed by atoms with Gasteiger partial charge in [-0.15, -0.1) is 11.3 Å². The highest BCUT2D eigenvalue weighted by atomic mass is 32.1. The van der Waals surface area contributed by atoms with Crippen molar-refractivity contribution in [2.75, 3.05) is 20.9 Å². The maximum Gasteiger partial charge on any atom is 0.340 e. The van der Waals surface area contributed by atoms with Gasteiger partial charge < -0.3 is 14.8 Å². The van der Waals surface area contributed by atoms with Gasteiger partial charge in [-0.25, -0.2) is 28.2 Å². The minimum Gasteiger partial charge on any atom is -0.435 e. The summed E-state index contributed by atoms with van der Waals surface area (Å²) in [6.45, 7) is 3.08. The summed E-state index contributed by atoms with van der Waals surface area (Å²) in [6.07, 6.45) is 2.79. The summed E-state index contributed by atoms with van der Waals surface area (Å²) in [5.74, 6) is -2.84. The maximum absolute atomic E-state index is 15.6. The fraction of sp³-hybridized carbons (Fsp3) is 0.242. The molecular weight excluding hydrogens is 598 g/mol. The van der Waals surface area contributed by atoms with Crippen LogP contribution in [0.3, 0.4) is 0 Å². The summed E-state index contributed by atoms with van der Waals surface area (Å²) < 4.78 is 42.9. The van der Waals surface area contributed by atoms with Gasteiger partial charge in [-0.2, -0.15) is 10.4 Å². The number of ether oxygens (including phenoxy) is 2. The van der Waals surface area contributed by atoms with E-state index in [-0.39, 0.29) is 12.1 Å². The minimum atomic E-state index is -1.56. The second-order valence-corrected chi connectivity index (χ2v) is 11.0. The molecule has 5 aromatic rings. The van der Waals surface area contributed by atoms with E-state index in [1.807, 2.05) is 39.4 Å². The summed E-state index contributed by atoms with van der Waals surface area (Å²) in [5.41, 5.74) is 1.68. The van der Waals surface area contributed by atoms with Crippen LogP contribution in [0.1, 0.15) is 44.9 Å². The number of aryl methyl sites for hydroxylation is 1. The lowest BCUT2D eigenvalue weighted by Crippen LogP contribution is -2.42. The monoisotopic (exact) mass is 630 g/mol. The van der Waals surface area contributed by atoms with Gasteiger partial charge in [0.15, 0.2) is 6.79 Å². The molecule has 45 heavy (non-hydrogen) atoms. The molecule has 1 N–H and O–H groups in total. The Morgan fingerprint density at radius 3 is 2.53 bits per heavy atom. The summed E-state index contributed by atoms with van der Waals surface area (Å²) in [7, 11) is 3.75. The lowest BCUT2D eigenvalue weighted by Gasteiger charge is -2.38. The SMILES string of the molecule is CNC.Cc1cccc(C(=O)OCO[C@@](Cn2cncn2)(c2ccc(F)cc2F)[C@@H](C)c2nc(-c3ccc(C#N)cc3)cs2)c1. The van der Waals surface area contributed by atoms with Crippen LogP contribution in [0.25, 0.3) is 11.3 Å². The number of hydrogen-bond acceptors (Lipinski definition) is 9. The molecule has 9 nitrogen and oxygen atoms in total. The third-order valence-corrected chi connectivity index (χ3v) is 7.94. The highest BCUT2D eigenvalue weighted by Crippen LogP contribution is 2.44. The Bertz CT molecular complexity index is 1760. The molecule has 232 valence electrons. The molecule has 2 atom stereocenters. The Morgan fingerprint density at radius 2 is 1.89 bits per heavy atom. The molecule has 0 aliphatic heterocycles. The lowest BCUT2D eigenvalue weighted by molar-refractivity contribution is -0.148. The summed E-state index contributed by atoms with van der Waals surface area (Å²) in [4.78, 5) is 21.6. The highest BCUT2D eigenvalue weighted by Gasteiger charge is 2.45. The van der Waals surface area contributed by atoms with E-state index in [4.69, 9.17) is 19.7 Å². The van der Waals surface area contributed by atoms with Gasteiger partial charge in [-0.1, -0.05) is 42.8 Å². The van der Waals surface area contributed by atoms with Crippen LogP contribution in [-0.2, 0) is 21.6 Å². The zero-order valence-corrected chi connectivity index (χ0v) is 26.0. The average Bonchev–Trinajstić information content (AvgIpc) is 3.74. The van der Waals surface area contributed by atoms with Crippen molar-refractivity contribution in [2.24, 2.45) is 0 Å². The van der Waals surface area contributed by atoms with Gasteiger partial charge in [0.05, 0.1) is 34.4 Å². The molecule has 0 unspecified atom stereocenters. The molecule has 0 spiro atoms. The Balaban J connectivity index is 0.00000148. The van der Waals surface area contributed by atoms with E-state index in [2.05, 4.69) is 21.5 Å². The Hall–Kier alpha value is -4.83. The number of carbonyl (C=O) groups excluding carboxylic acids is 1. The van der Waals surface area contributed by atoms with Gasteiger partial charge in [0.1, 0.15) is 29.9 Å². The summed E-state index contributed by atoms with van der Waals surface area (Å²) >= 11 is 1.34. The van der Waals surface area contributed by atoms with Crippen molar-refractivity contribution in [1.29, 1.82) is 5.26 Å². The van der Waals surface area contributed by atoms with E-state index >= 15 is 4.39 Å². The molecule has 5 rings (SSSR count). The smallest absolute Gasteiger partial charge is 0.340 e. The number of halogens is 2. The first kappa shape index (κ1) is 33.1. The molecule has 12 heteroatoms. The van der Waals surface area contributed by atoms with Gasteiger partial charge >= 0.3 is 5.97 Å². The van der Waals surface area contributed by atoms with E-state index in [0.29, 0.717) is 21.8 Å². The van der Waals surface area contributed by atoms with Crippen LogP contribution in [0, 0.1) is 29.9 Å². The third-order valence-electron chi connectivity index (χ3n) is 6.91. The van der Waals surface area contributed by atoms with Gasteiger partial charge in [-0.05, 0) is 51.4 Å². The first-order valence-electron chi connectivity index (χ1n) is 13.9. The molecule has 0 bridgehead atoms. The van der Waals surface area contributed by atoms with E-state index in [1.165, 1.54) is 34.7 Å². The van der Waals surface area contributed by atoms with Crippen molar-refractivity contribution in [2.45, 2.75) is 31.9 Å². The van der Waals surface area contributed by atoms with Gasteiger partial charge in [0.2, 0.25) is 0 Å². The second-order valence-electron chi connectivity index (χ2n) is 10.2. The number of aromatic nitrogens is 4. The van der Waals surface area contributed by atoms with Crippen LogP contribution < -0.4 is 5.32 Å². The van der Waals surface area contributed by atoms with Crippen molar-refractivity contribution in [3.05, 3.63) is 124 Å². The van der Waals surface area contributed by atoms with Crippen molar-refractivity contribution < 1.29 is 23.0 Å². The van der Waals surface area contributed by atoms with Gasteiger partial charge in [0.25, 0.3) is 0 Å². The minimum absolute atomic E-state index is 0.0358. The lowest BCUT2D eigenvalue weighted by atomic mass is 9.81. The van der Waals surface area contributed by atoms with Crippen LogP contribution in [-0.4, -0.2) is 46.6 Å². The first-order chi connectivity index (χ1) is 21.7. The van der Waals surface area contributed by atoms with Crippen molar-refractivity contribution in [3.8, 4) is 17.3 Å². The van der Waals surface area contributed by atoms with Crippen molar-refractivity contribution in [1.82, 2.24) is 25.1 Å². The van der Waals surface area contributed by atoms with E-state index in [0.717, 1.165) is 23.3 Å². The topological polar surface area (TPSA) is 115 Å². The zero-order chi connectivity index (χ0) is 32.4. The predicted octanol–water partition coefficient (Wildman–Crippen LogP) is 6.23. The van der Waals surface area contributed by atoms with Crippen molar-refractivity contribution in [3.63, 3.8) is 0 Å². The van der Waals surface area contributed by atoms with E-state index in [9.17, 15) is 9.18 Å². The average molecular weight is 631 g/mol. The van der Waals surface area contributed by atoms with Crippen LogP contribution in [0.2, 0.25) is 0 Å². The quantitative estimate of drug-likeness (QED) is 0.143. The molecule has 2 heterocycles.